The number of nitrogens with zero attached hydrogens (tertiary/aromatic N) is 1. The Morgan fingerprint density at radius 2 is 2.29 bits per heavy atom. The van der Waals surface area contributed by atoms with Gasteiger partial charge in [-0.25, -0.2) is 0 Å². The van der Waals surface area contributed by atoms with Crippen molar-refractivity contribution in [2.75, 3.05) is 32.7 Å². The van der Waals surface area contributed by atoms with E-state index in [1.807, 2.05) is 28.5 Å². The lowest BCUT2D eigenvalue weighted by Crippen LogP contribution is -3.14. The fourth-order valence-electron chi connectivity index (χ4n) is 2.15. The average Bonchev–Trinajstić information content (AvgIpc) is 2.83. The quantitative estimate of drug-likeness (QED) is 0.760. The number of hydrogen-bond acceptors (Lipinski definition) is 2. The normalized spacial score (nSPS) is 17.1. The molecule has 2 rings (SSSR count). The average molecular weight is 251 g/mol. The standard InChI is InChI=1S/C13H18N2OS/c1-2-5-14-6-8-15(9-7-14)13(16)11-12-4-3-10-17-12/h2-4,10H,1,5-9,11H2/p+1. The van der Waals surface area contributed by atoms with Gasteiger partial charge in [-0.05, 0) is 17.5 Å². The zero-order chi connectivity index (χ0) is 12.1. The minimum absolute atomic E-state index is 0.269. The summed E-state index contributed by atoms with van der Waals surface area (Å²) >= 11 is 1.66. The molecule has 17 heavy (non-hydrogen) atoms. The van der Waals surface area contributed by atoms with Crippen LogP contribution in [-0.2, 0) is 11.2 Å². The summed E-state index contributed by atoms with van der Waals surface area (Å²) in [6, 6.07) is 4.03. The number of thiophene rings is 1. The van der Waals surface area contributed by atoms with E-state index in [4.69, 9.17) is 0 Å². The van der Waals surface area contributed by atoms with Gasteiger partial charge < -0.3 is 9.80 Å². The van der Waals surface area contributed by atoms with Gasteiger partial charge in [0.25, 0.3) is 0 Å². The van der Waals surface area contributed by atoms with E-state index < -0.39 is 0 Å². The van der Waals surface area contributed by atoms with Gasteiger partial charge in [0, 0.05) is 4.88 Å². The maximum Gasteiger partial charge on any atom is 0.228 e. The van der Waals surface area contributed by atoms with Crippen LogP contribution in [0.1, 0.15) is 4.88 Å². The van der Waals surface area contributed by atoms with E-state index in [1.165, 1.54) is 4.90 Å². The second-order valence-corrected chi connectivity index (χ2v) is 5.41. The Kier molecular flexibility index (Phi) is 4.34. The molecule has 0 aliphatic carbocycles. The van der Waals surface area contributed by atoms with Crippen molar-refractivity contribution in [1.29, 1.82) is 0 Å². The molecule has 1 N–H and O–H groups in total. The second-order valence-electron chi connectivity index (χ2n) is 4.38. The molecule has 0 unspecified atom stereocenters. The topological polar surface area (TPSA) is 24.8 Å². The van der Waals surface area contributed by atoms with Crippen molar-refractivity contribution < 1.29 is 9.69 Å². The lowest BCUT2D eigenvalue weighted by molar-refractivity contribution is -0.898. The molecule has 1 aliphatic heterocycles. The van der Waals surface area contributed by atoms with Crippen LogP contribution in [0.2, 0.25) is 0 Å². The number of carbonyl (C=O) groups excluding carboxylic acids is 1. The molecule has 2 heterocycles. The Morgan fingerprint density at radius 1 is 1.53 bits per heavy atom. The van der Waals surface area contributed by atoms with E-state index in [1.54, 1.807) is 11.3 Å². The molecule has 0 bridgehead atoms. The Bertz CT molecular complexity index is 367. The highest BCUT2D eigenvalue weighted by molar-refractivity contribution is 7.10. The zero-order valence-electron chi connectivity index (χ0n) is 10.0. The molecule has 0 aromatic carbocycles. The zero-order valence-corrected chi connectivity index (χ0v) is 10.8. The first kappa shape index (κ1) is 12.3. The van der Waals surface area contributed by atoms with Crippen molar-refractivity contribution in [1.82, 2.24) is 4.90 Å². The SMILES string of the molecule is C=CC[NH+]1CCN(C(=O)Cc2cccs2)CC1. The molecule has 1 aromatic rings. The van der Waals surface area contributed by atoms with Crippen molar-refractivity contribution >= 4 is 17.2 Å². The Labute approximate surface area is 106 Å². The summed E-state index contributed by atoms with van der Waals surface area (Å²) < 4.78 is 0. The summed E-state index contributed by atoms with van der Waals surface area (Å²) in [7, 11) is 0. The first-order chi connectivity index (χ1) is 8.29. The number of quaternary nitrogens is 1. The number of hydrogen-bond donors (Lipinski definition) is 1. The molecule has 4 heteroatoms. The van der Waals surface area contributed by atoms with Gasteiger partial charge in [0.2, 0.25) is 5.91 Å². The van der Waals surface area contributed by atoms with E-state index in [-0.39, 0.29) is 5.91 Å². The monoisotopic (exact) mass is 251 g/mol. The van der Waals surface area contributed by atoms with Crippen molar-refractivity contribution in [2.45, 2.75) is 6.42 Å². The van der Waals surface area contributed by atoms with Gasteiger partial charge in [0.15, 0.2) is 0 Å². The minimum atomic E-state index is 0.269. The lowest BCUT2D eigenvalue weighted by Gasteiger charge is -2.31. The van der Waals surface area contributed by atoms with Gasteiger partial charge in [0.1, 0.15) is 0 Å². The van der Waals surface area contributed by atoms with Gasteiger partial charge in [-0.1, -0.05) is 12.6 Å². The summed E-state index contributed by atoms with van der Waals surface area (Å²) in [5.41, 5.74) is 0. The number of amides is 1. The van der Waals surface area contributed by atoms with Crippen LogP contribution in [-0.4, -0.2) is 43.5 Å². The highest BCUT2D eigenvalue weighted by Gasteiger charge is 2.22. The highest BCUT2D eigenvalue weighted by atomic mass is 32.1. The Hall–Kier alpha value is -1.13. The van der Waals surface area contributed by atoms with Crippen LogP contribution in [0.25, 0.3) is 0 Å². The van der Waals surface area contributed by atoms with E-state index in [9.17, 15) is 4.79 Å². The van der Waals surface area contributed by atoms with Crippen LogP contribution in [0.15, 0.2) is 30.2 Å². The van der Waals surface area contributed by atoms with E-state index in [0.717, 1.165) is 37.6 Å². The van der Waals surface area contributed by atoms with Crippen molar-refractivity contribution in [2.24, 2.45) is 0 Å². The van der Waals surface area contributed by atoms with Crippen molar-refractivity contribution in [3.05, 3.63) is 35.0 Å². The largest absolute Gasteiger partial charge is 0.331 e. The van der Waals surface area contributed by atoms with Gasteiger partial charge >= 0.3 is 0 Å². The Morgan fingerprint density at radius 3 is 2.88 bits per heavy atom. The van der Waals surface area contributed by atoms with Crippen LogP contribution in [0.4, 0.5) is 0 Å². The summed E-state index contributed by atoms with van der Waals surface area (Å²) in [5.74, 6) is 0.269. The first-order valence-electron chi connectivity index (χ1n) is 6.04. The van der Waals surface area contributed by atoms with Crippen molar-refractivity contribution in [3.63, 3.8) is 0 Å². The molecule has 1 saturated heterocycles. The van der Waals surface area contributed by atoms with E-state index in [2.05, 4.69) is 6.58 Å². The summed E-state index contributed by atoms with van der Waals surface area (Å²) in [6.45, 7) is 8.62. The highest BCUT2D eigenvalue weighted by Crippen LogP contribution is 2.10. The molecule has 0 radical (unpaired) electrons. The van der Waals surface area contributed by atoms with Gasteiger partial charge in [-0.15, -0.1) is 11.3 Å². The molecule has 0 saturated carbocycles. The minimum Gasteiger partial charge on any atom is -0.331 e. The van der Waals surface area contributed by atoms with Gasteiger partial charge in [0.05, 0.1) is 39.1 Å². The molecule has 3 nitrogen and oxygen atoms in total. The molecule has 92 valence electrons. The predicted molar refractivity (Wildman–Crippen MR) is 70.4 cm³/mol. The van der Waals surface area contributed by atoms with Crippen LogP contribution >= 0.6 is 11.3 Å². The van der Waals surface area contributed by atoms with E-state index >= 15 is 0 Å². The van der Waals surface area contributed by atoms with E-state index in [0.29, 0.717) is 6.42 Å². The Balaban J connectivity index is 1.80. The molecular weight excluding hydrogens is 232 g/mol. The molecule has 0 spiro atoms. The fraction of sp³-hybridized carbons (Fsp3) is 0.462. The van der Waals surface area contributed by atoms with Crippen LogP contribution in [0.5, 0.6) is 0 Å². The lowest BCUT2D eigenvalue weighted by atomic mass is 10.2. The number of rotatable bonds is 4. The molecule has 1 amide bonds. The molecule has 1 aliphatic rings. The third-order valence-corrected chi connectivity index (χ3v) is 4.04. The van der Waals surface area contributed by atoms with Crippen LogP contribution in [0.3, 0.4) is 0 Å². The van der Waals surface area contributed by atoms with Crippen molar-refractivity contribution in [3.8, 4) is 0 Å². The van der Waals surface area contributed by atoms with Gasteiger partial charge in [-0.2, -0.15) is 0 Å². The van der Waals surface area contributed by atoms with Crippen LogP contribution in [0, 0.1) is 0 Å². The molecule has 0 atom stereocenters. The number of piperazine rings is 1. The summed E-state index contributed by atoms with van der Waals surface area (Å²) in [6.07, 6.45) is 2.52. The van der Waals surface area contributed by atoms with Gasteiger partial charge in [-0.3, -0.25) is 4.79 Å². The molecular formula is C13H19N2OS+. The number of nitrogens with one attached hydrogen (secondary N) is 1. The number of carbonyl (C=O) groups is 1. The fourth-order valence-corrected chi connectivity index (χ4v) is 2.85. The summed E-state index contributed by atoms with van der Waals surface area (Å²) in [5, 5.41) is 2.02. The first-order valence-corrected chi connectivity index (χ1v) is 6.92. The molecule has 1 aromatic heterocycles. The maximum atomic E-state index is 12.0. The third-order valence-electron chi connectivity index (χ3n) is 3.16. The smallest absolute Gasteiger partial charge is 0.228 e. The second kappa shape index (κ2) is 5.98. The predicted octanol–water partition coefficient (Wildman–Crippen LogP) is 0.204. The molecule has 1 fully saturated rings. The maximum absolute atomic E-state index is 12.0. The summed E-state index contributed by atoms with van der Waals surface area (Å²) in [4.78, 5) is 16.7. The third kappa shape index (κ3) is 3.41. The van der Waals surface area contributed by atoms with Crippen LogP contribution < -0.4 is 4.90 Å².